The van der Waals surface area contributed by atoms with E-state index in [0.29, 0.717) is 6.42 Å². The van der Waals surface area contributed by atoms with Crippen molar-refractivity contribution in [3.05, 3.63) is 65.9 Å². The van der Waals surface area contributed by atoms with Crippen molar-refractivity contribution in [1.82, 2.24) is 4.98 Å². The van der Waals surface area contributed by atoms with Crippen LogP contribution >= 0.6 is 0 Å². The van der Waals surface area contributed by atoms with Crippen molar-refractivity contribution >= 4 is 10.8 Å². The smallest absolute Gasteiger partial charge is 0.119 e. The predicted molar refractivity (Wildman–Crippen MR) is 76.4 cm³/mol. The van der Waals surface area contributed by atoms with Crippen molar-refractivity contribution in [3.8, 4) is 0 Å². The third-order valence-corrected chi connectivity index (χ3v) is 4.26. The maximum Gasteiger partial charge on any atom is 0.119 e. The van der Waals surface area contributed by atoms with Crippen molar-refractivity contribution < 1.29 is 9.52 Å². The second kappa shape index (κ2) is 4.18. The Kier molecular flexibility index (Phi) is 2.44. The summed E-state index contributed by atoms with van der Waals surface area (Å²) in [6.07, 6.45) is 7.82. The maximum atomic E-state index is 11.3. The highest BCUT2D eigenvalue weighted by Gasteiger charge is 2.38. The second-order valence-corrected chi connectivity index (χ2v) is 5.37. The molecule has 0 amide bonds. The molecular formula is C17H15NO2. The lowest BCUT2D eigenvalue weighted by Crippen LogP contribution is -2.31. The Bertz CT molecular complexity index is 772. The van der Waals surface area contributed by atoms with Crippen LogP contribution in [-0.2, 0) is 12.0 Å². The van der Waals surface area contributed by atoms with Crippen molar-refractivity contribution in [1.29, 1.82) is 0 Å². The van der Waals surface area contributed by atoms with Crippen LogP contribution in [0.1, 0.15) is 29.7 Å². The number of pyridine rings is 1. The minimum Gasteiger partial charge on any atom is -0.469 e. The fourth-order valence-corrected chi connectivity index (χ4v) is 3.30. The number of aryl methyl sites for hydroxylation is 1. The van der Waals surface area contributed by atoms with E-state index in [1.165, 1.54) is 0 Å². The van der Waals surface area contributed by atoms with Gasteiger partial charge in [-0.3, -0.25) is 4.98 Å². The third-order valence-electron chi connectivity index (χ3n) is 4.26. The maximum absolute atomic E-state index is 11.3. The fourth-order valence-electron chi connectivity index (χ4n) is 3.30. The van der Waals surface area contributed by atoms with Gasteiger partial charge in [-0.2, -0.15) is 0 Å². The standard InChI is InChI=1S/C17H15NO2/c19-17(8-2-5-16-15(17)7-10-20-16)14-4-1-3-12-6-9-18-11-13(12)14/h1,3-4,6-7,9-11,19H,2,5,8H2. The van der Waals surface area contributed by atoms with Gasteiger partial charge in [0.05, 0.1) is 6.26 Å². The van der Waals surface area contributed by atoms with Crippen LogP contribution in [0.15, 0.2) is 53.4 Å². The molecule has 0 radical (unpaired) electrons. The highest BCUT2D eigenvalue weighted by Crippen LogP contribution is 2.43. The van der Waals surface area contributed by atoms with Crippen LogP contribution in [0.25, 0.3) is 10.8 Å². The van der Waals surface area contributed by atoms with Gasteiger partial charge in [0, 0.05) is 29.8 Å². The molecule has 3 nitrogen and oxygen atoms in total. The van der Waals surface area contributed by atoms with Gasteiger partial charge < -0.3 is 9.52 Å². The lowest BCUT2D eigenvalue weighted by Gasteiger charge is -2.33. The summed E-state index contributed by atoms with van der Waals surface area (Å²) in [7, 11) is 0. The van der Waals surface area contributed by atoms with Crippen molar-refractivity contribution in [2.24, 2.45) is 0 Å². The lowest BCUT2D eigenvalue weighted by atomic mass is 9.76. The molecule has 20 heavy (non-hydrogen) atoms. The van der Waals surface area contributed by atoms with E-state index < -0.39 is 5.60 Å². The minimum atomic E-state index is -0.969. The number of aliphatic hydroxyl groups is 1. The van der Waals surface area contributed by atoms with E-state index in [1.807, 2.05) is 36.5 Å². The molecule has 100 valence electrons. The number of nitrogens with zero attached hydrogens (tertiary/aromatic N) is 1. The average molecular weight is 265 g/mol. The number of rotatable bonds is 1. The monoisotopic (exact) mass is 265 g/mol. The summed E-state index contributed by atoms with van der Waals surface area (Å²) in [6.45, 7) is 0. The third kappa shape index (κ3) is 1.53. The van der Waals surface area contributed by atoms with E-state index in [-0.39, 0.29) is 0 Å². The molecule has 0 fully saturated rings. The molecule has 4 rings (SSSR count). The molecule has 0 bridgehead atoms. The van der Waals surface area contributed by atoms with Crippen molar-refractivity contribution in [2.75, 3.05) is 0 Å². The highest BCUT2D eigenvalue weighted by molar-refractivity contribution is 5.86. The second-order valence-electron chi connectivity index (χ2n) is 5.37. The number of benzene rings is 1. The molecule has 3 aromatic rings. The van der Waals surface area contributed by atoms with Crippen molar-refractivity contribution in [2.45, 2.75) is 24.9 Å². The molecule has 0 saturated heterocycles. The summed E-state index contributed by atoms with van der Waals surface area (Å²) in [6, 6.07) is 9.89. The Morgan fingerprint density at radius 2 is 2.10 bits per heavy atom. The predicted octanol–water partition coefficient (Wildman–Crippen LogP) is 3.40. The van der Waals surface area contributed by atoms with Gasteiger partial charge in [0.15, 0.2) is 0 Å². The van der Waals surface area contributed by atoms with Gasteiger partial charge in [-0.25, -0.2) is 0 Å². The van der Waals surface area contributed by atoms with Gasteiger partial charge >= 0.3 is 0 Å². The van der Waals surface area contributed by atoms with Gasteiger partial charge in [-0.1, -0.05) is 18.2 Å². The minimum absolute atomic E-state index is 0.716. The highest BCUT2D eigenvalue weighted by atomic mass is 16.3. The van der Waals surface area contributed by atoms with Gasteiger partial charge in [0.1, 0.15) is 11.4 Å². The zero-order valence-electron chi connectivity index (χ0n) is 11.0. The van der Waals surface area contributed by atoms with Crippen LogP contribution in [0.5, 0.6) is 0 Å². The first-order valence-electron chi connectivity index (χ1n) is 6.91. The molecule has 2 heterocycles. The van der Waals surface area contributed by atoms with Gasteiger partial charge in [0.25, 0.3) is 0 Å². The van der Waals surface area contributed by atoms with Crippen molar-refractivity contribution in [3.63, 3.8) is 0 Å². The molecule has 1 aromatic carbocycles. The molecule has 0 saturated carbocycles. The Morgan fingerprint density at radius 3 is 3.05 bits per heavy atom. The molecule has 0 aliphatic heterocycles. The Labute approximate surface area is 116 Å². The largest absolute Gasteiger partial charge is 0.469 e. The number of hydrogen-bond donors (Lipinski definition) is 1. The molecular weight excluding hydrogens is 250 g/mol. The first-order chi connectivity index (χ1) is 9.79. The summed E-state index contributed by atoms with van der Waals surface area (Å²) in [5.41, 5.74) is 0.855. The molecule has 2 aromatic heterocycles. The van der Waals surface area contributed by atoms with E-state index in [0.717, 1.165) is 40.5 Å². The van der Waals surface area contributed by atoms with E-state index >= 15 is 0 Å². The number of aromatic nitrogens is 1. The average Bonchev–Trinajstić information content (AvgIpc) is 2.97. The summed E-state index contributed by atoms with van der Waals surface area (Å²) in [5, 5.41) is 13.4. The van der Waals surface area contributed by atoms with Crippen LogP contribution in [0, 0.1) is 0 Å². The molecule has 1 atom stereocenters. The zero-order chi connectivity index (χ0) is 13.6. The van der Waals surface area contributed by atoms with Crippen LogP contribution in [0.3, 0.4) is 0 Å². The van der Waals surface area contributed by atoms with Crippen LogP contribution in [0.2, 0.25) is 0 Å². The summed E-state index contributed by atoms with van der Waals surface area (Å²) in [4.78, 5) is 4.21. The van der Waals surface area contributed by atoms with E-state index in [4.69, 9.17) is 4.42 Å². The van der Waals surface area contributed by atoms with Gasteiger partial charge in [-0.05, 0) is 35.9 Å². The van der Waals surface area contributed by atoms with E-state index in [2.05, 4.69) is 4.98 Å². The Morgan fingerprint density at radius 1 is 1.15 bits per heavy atom. The van der Waals surface area contributed by atoms with Crippen LogP contribution in [0.4, 0.5) is 0 Å². The van der Waals surface area contributed by atoms with Crippen LogP contribution in [-0.4, -0.2) is 10.1 Å². The van der Waals surface area contributed by atoms with Gasteiger partial charge in [-0.15, -0.1) is 0 Å². The Hall–Kier alpha value is -2.13. The quantitative estimate of drug-likeness (QED) is 0.733. The molecule has 1 N–H and O–H groups in total. The number of fused-ring (bicyclic) bond motifs is 2. The number of furan rings is 1. The van der Waals surface area contributed by atoms with E-state index in [1.54, 1.807) is 12.5 Å². The van der Waals surface area contributed by atoms with Crippen LogP contribution < -0.4 is 0 Å². The molecule has 1 aliphatic carbocycles. The first kappa shape index (κ1) is 11.7. The van der Waals surface area contributed by atoms with E-state index in [9.17, 15) is 5.11 Å². The SMILES string of the molecule is OC1(c2cccc3ccncc23)CCCc2occc21. The molecule has 0 spiro atoms. The summed E-state index contributed by atoms with van der Waals surface area (Å²) < 4.78 is 5.51. The van der Waals surface area contributed by atoms with Gasteiger partial charge in [0.2, 0.25) is 0 Å². The summed E-state index contributed by atoms with van der Waals surface area (Å²) in [5.74, 6) is 0.902. The lowest BCUT2D eigenvalue weighted by molar-refractivity contribution is 0.0604. The normalized spacial score (nSPS) is 21.9. The topological polar surface area (TPSA) is 46.3 Å². The molecule has 1 aliphatic rings. The summed E-state index contributed by atoms with van der Waals surface area (Å²) >= 11 is 0. The number of hydrogen-bond acceptors (Lipinski definition) is 3. The Balaban J connectivity index is 2.01. The molecule has 3 heteroatoms. The molecule has 1 unspecified atom stereocenters. The zero-order valence-corrected chi connectivity index (χ0v) is 11.0. The first-order valence-corrected chi connectivity index (χ1v) is 6.91. The fraction of sp³-hybridized carbons (Fsp3) is 0.235.